The molecule has 0 saturated heterocycles. The van der Waals surface area contributed by atoms with Gasteiger partial charge in [-0.05, 0) is 53.3 Å². The third-order valence-corrected chi connectivity index (χ3v) is 8.40. The number of aliphatic carboxylic acids is 2. The lowest BCUT2D eigenvalue weighted by molar-refractivity contribution is -0.675. The fourth-order valence-corrected chi connectivity index (χ4v) is 6.13. The van der Waals surface area contributed by atoms with Gasteiger partial charge < -0.3 is 41.0 Å². The Kier molecular flexibility index (Phi) is 14.4. The number of halogens is 7. The zero-order valence-electron chi connectivity index (χ0n) is 27.2. The van der Waals surface area contributed by atoms with Crippen LogP contribution in [0, 0.1) is 3.57 Å². The first kappa shape index (κ1) is 41.5. The largest absolute Gasteiger partial charge is 0.542 e. The molecule has 0 saturated carbocycles. The van der Waals surface area contributed by atoms with Crippen LogP contribution in [0.5, 0.6) is 5.75 Å². The average molecular weight is 847 g/mol. The lowest BCUT2D eigenvalue weighted by Gasteiger charge is -2.15. The van der Waals surface area contributed by atoms with E-state index in [1.165, 1.54) is 28.2 Å². The van der Waals surface area contributed by atoms with Crippen molar-refractivity contribution in [2.75, 3.05) is 10.6 Å². The molecular formula is C35H33F6IN4O6. The summed E-state index contributed by atoms with van der Waals surface area (Å²) in [6, 6.07) is 25.6. The van der Waals surface area contributed by atoms with Crippen LogP contribution in [0.4, 0.5) is 37.7 Å². The van der Waals surface area contributed by atoms with E-state index in [0.29, 0.717) is 18.8 Å². The second kappa shape index (κ2) is 18.0. The number of aromatic hydroxyl groups is 1. The normalized spacial score (nSPS) is 13.3. The molecule has 0 atom stereocenters. The molecule has 5 aromatic rings. The van der Waals surface area contributed by atoms with Crippen molar-refractivity contribution in [1.82, 2.24) is 0 Å². The van der Waals surface area contributed by atoms with Crippen LogP contribution < -0.4 is 30.0 Å². The number of phenolic OH excluding ortho intramolecular Hbond substituents is 1. The Hall–Kier alpha value is -4.91. The van der Waals surface area contributed by atoms with Crippen molar-refractivity contribution in [1.29, 1.82) is 0 Å². The van der Waals surface area contributed by atoms with Crippen LogP contribution in [0.3, 0.4) is 0 Å². The first-order valence-corrected chi connectivity index (χ1v) is 16.5. The lowest BCUT2D eigenvalue weighted by Crippen LogP contribution is -2.37. The number of carbonyl (C=O) groups is 2. The highest BCUT2D eigenvalue weighted by Gasteiger charge is 2.29. The highest BCUT2D eigenvalue weighted by molar-refractivity contribution is 14.1. The van der Waals surface area contributed by atoms with Crippen LogP contribution in [0.1, 0.15) is 30.4 Å². The van der Waals surface area contributed by atoms with Gasteiger partial charge in [0, 0.05) is 64.9 Å². The fourth-order valence-electron chi connectivity index (χ4n) is 5.38. The molecule has 3 aromatic carbocycles. The number of nitrogens with zero attached hydrogens (tertiary/aromatic N) is 2. The highest BCUT2D eigenvalue weighted by Crippen LogP contribution is 2.30. The number of carboxylic acids is 2. The molecule has 4 heterocycles. The molecule has 0 radical (unpaired) electrons. The minimum Gasteiger partial charge on any atom is -0.542 e. The van der Waals surface area contributed by atoms with Gasteiger partial charge in [0.05, 0.1) is 22.1 Å². The summed E-state index contributed by atoms with van der Waals surface area (Å²) in [6.07, 6.45) is -2.56. The zero-order chi connectivity index (χ0) is 37.3. The number of anilines is 2. The minimum atomic E-state index is -5.19. The summed E-state index contributed by atoms with van der Waals surface area (Å²) in [5.74, 6) is -5.67. The Morgan fingerprint density at radius 2 is 1.04 bits per heavy atom. The quantitative estimate of drug-likeness (QED) is 0.120. The number of benzene rings is 3. The second-order valence-corrected chi connectivity index (χ2v) is 12.5. The van der Waals surface area contributed by atoms with Crippen LogP contribution in [0.2, 0.25) is 0 Å². The van der Waals surface area contributed by atoms with E-state index in [2.05, 4.69) is 128 Å². The zero-order valence-corrected chi connectivity index (χ0v) is 29.3. The molecule has 10 nitrogen and oxygen atoms in total. The Bertz CT molecular complexity index is 1890. The fraction of sp³-hybridized carbons (Fsp3) is 0.257. The van der Waals surface area contributed by atoms with Crippen molar-refractivity contribution < 1.29 is 65.9 Å². The number of para-hydroxylation sites is 2. The SMILES string of the molecule is O.O=C([O-])C(F)(F)F.O=C([O-])C(F)(F)F.Oc1c2cc(I)cc1CNc1cc[n+](c3ccccc13)CCCCC[n+]1ccc(c3ccccc31)NC2. The van der Waals surface area contributed by atoms with Crippen LogP contribution in [0.25, 0.3) is 21.8 Å². The number of rotatable bonds is 0. The van der Waals surface area contributed by atoms with Gasteiger partial charge in [0.25, 0.3) is 0 Å². The molecule has 2 aliphatic heterocycles. The molecule has 0 amide bonds. The molecule has 7 rings (SSSR count). The standard InChI is InChI=1S/C31H29IN4O.2C2HF3O2.H2O/c32-24-18-22-20-33-27-12-16-35(29-10-4-2-8-25(27)29)14-6-1-7-15-36-17-13-28(26-9-3-5-11-30(26)36)34-21-23(19-24)31(22)37;2*3-2(4,5)1(6)7;/h2-5,8-13,16-19,37H,1,6-7,14-15,20-21H2;2*(H,6,7);1H2. The molecule has 17 heteroatoms. The predicted molar refractivity (Wildman–Crippen MR) is 183 cm³/mol. The smallest absolute Gasteiger partial charge is 0.430 e. The number of carboxylic acid groups (broad SMARTS) is 2. The number of fused-ring (bicyclic) bond motifs is 8. The molecule has 278 valence electrons. The van der Waals surface area contributed by atoms with Crippen molar-refractivity contribution in [3.63, 3.8) is 0 Å². The number of nitrogens with one attached hydrogen (secondary N) is 2. The van der Waals surface area contributed by atoms with E-state index in [-0.39, 0.29) is 5.48 Å². The van der Waals surface area contributed by atoms with Gasteiger partial charge in [-0.3, -0.25) is 0 Å². The number of phenols is 1. The van der Waals surface area contributed by atoms with Gasteiger partial charge in [-0.15, -0.1) is 0 Å². The monoisotopic (exact) mass is 846 g/mol. The number of aromatic nitrogens is 2. The minimum absolute atomic E-state index is 0. The molecule has 0 spiro atoms. The second-order valence-electron chi connectivity index (χ2n) is 11.3. The molecule has 2 aliphatic rings. The number of hydrogen-bond acceptors (Lipinski definition) is 7. The van der Waals surface area contributed by atoms with Crippen molar-refractivity contribution >= 4 is 67.7 Å². The van der Waals surface area contributed by atoms with E-state index in [4.69, 9.17) is 19.8 Å². The summed E-state index contributed by atoms with van der Waals surface area (Å²) >= 11 is 2.34. The maximum absolute atomic E-state index is 11.2. The van der Waals surface area contributed by atoms with Crippen LogP contribution in [-0.4, -0.2) is 34.9 Å². The summed E-state index contributed by atoms with van der Waals surface area (Å²) in [5, 5.41) is 38.4. The molecule has 5 N–H and O–H groups in total. The van der Waals surface area contributed by atoms with Crippen molar-refractivity contribution in [3.8, 4) is 5.75 Å². The van der Waals surface area contributed by atoms with Gasteiger partial charge in [0.15, 0.2) is 12.4 Å². The van der Waals surface area contributed by atoms with E-state index in [1.54, 1.807) is 0 Å². The van der Waals surface area contributed by atoms with E-state index in [1.807, 2.05) is 0 Å². The maximum Gasteiger partial charge on any atom is 0.430 e. The Balaban J connectivity index is 0.000000414. The van der Waals surface area contributed by atoms with Gasteiger partial charge in [0.2, 0.25) is 11.0 Å². The summed E-state index contributed by atoms with van der Waals surface area (Å²) in [5.41, 5.74) is 6.43. The summed E-state index contributed by atoms with van der Waals surface area (Å²) in [6.45, 7) is 3.10. The Morgan fingerprint density at radius 1 is 0.673 bits per heavy atom. The van der Waals surface area contributed by atoms with E-state index in [0.717, 1.165) is 52.0 Å². The van der Waals surface area contributed by atoms with Crippen molar-refractivity contribution in [2.45, 2.75) is 57.8 Å². The third kappa shape index (κ3) is 11.0. The molecule has 2 aromatic heterocycles. The van der Waals surface area contributed by atoms with Gasteiger partial charge >= 0.3 is 12.4 Å². The first-order valence-electron chi connectivity index (χ1n) is 15.4. The first-order chi connectivity index (χ1) is 24.1. The molecule has 52 heavy (non-hydrogen) atoms. The molecule has 0 unspecified atom stereocenters. The third-order valence-electron chi connectivity index (χ3n) is 7.78. The molecule has 6 bridgehead atoms. The van der Waals surface area contributed by atoms with Gasteiger partial charge in [-0.2, -0.15) is 35.5 Å². The molecule has 0 fully saturated rings. The van der Waals surface area contributed by atoms with Gasteiger partial charge in [-0.1, -0.05) is 24.3 Å². The van der Waals surface area contributed by atoms with Crippen molar-refractivity contribution in [3.05, 3.63) is 99.9 Å². The van der Waals surface area contributed by atoms with E-state index >= 15 is 0 Å². The maximum atomic E-state index is 11.2. The summed E-state index contributed by atoms with van der Waals surface area (Å²) in [4.78, 5) is 17.6. The van der Waals surface area contributed by atoms with E-state index < -0.39 is 24.3 Å². The topological polar surface area (TPSA) is 164 Å². The van der Waals surface area contributed by atoms with Crippen LogP contribution >= 0.6 is 22.6 Å². The Morgan fingerprint density at radius 3 is 1.40 bits per heavy atom. The number of pyridine rings is 2. The molecular weight excluding hydrogens is 813 g/mol. The average Bonchev–Trinajstić information content (AvgIpc) is 3.07. The van der Waals surface area contributed by atoms with Gasteiger partial charge in [0.1, 0.15) is 30.8 Å². The predicted octanol–water partition coefficient (Wildman–Crippen LogP) is 4.06. The van der Waals surface area contributed by atoms with E-state index in [9.17, 15) is 31.4 Å². The van der Waals surface area contributed by atoms with Gasteiger partial charge in [-0.25, -0.2) is 0 Å². The number of hydrogen-bond donors (Lipinski definition) is 3. The number of aryl methyl sites for hydroxylation is 2. The van der Waals surface area contributed by atoms with Crippen molar-refractivity contribution in [2.24, 2.45) is 0 Å². The molecule has 0 aliphatic carbocycles. The highest BCUT2D eigenvalue weighted by atomic mass is 127. The van der Waals surface area contributed by atoms with Crippen LogP contribution in [0.15, 0.2) is 85.2 Å². The number of carbonyl (C=O) groups excluding carboxylic acids is 2. The number of alkyl halides is 6. The Labute approximate surface area is 306 Å². The summed E-state index contributed by atoms with van der Waals surface area (Å²) in [7, 11) is 0. The van der Waals surface area contributed by atoms with Crippen LogP contribution in [-0.2, 0) is 35.8 Å². The summed E-state index contributed by atoms with van der Waals surface area (Å²) < 4.78 is 68.9. The lowest BCUT2D eigenvalue weighted by atomic mass is 10.1.